The van der Waals surface area contributed by atoms with E-state index in [1.165, 1.54) is 62.0 Å². The SMILES string of the molecule is CN(c1cn2c(-c3ccc(C(F)(F)F)cc3)cnc2cn1)S(=O)(=O)c1ccc(C#N)cc1. The van der Waals surface area contributed by atoms with Crippen LogP contribution in [0.15, 0.2) is 72.0 Å². The molecule has 2 aromatic heterocycles. The van der Waals surface area contributed by atoms with Crippen molar-refractivity contribution in [2.24, 2.45) is 0 Å². The number of nitrogens with zero attached hydrogens (tertiary/aromatic N) is 5. The van der Waals surface area contributed by atoms with Crippen LogP contribution in [-0.4, -0.2) is 29.8 Å². The predicted octanol–water partition coefficient (Wildman–Crippen LogP) is 4.11. The van der Waals surface area contributed by atoms with Gasteiger partial charge in [-0.15, -0.1) is 0 Å². The highest BCUT2D eigenvalue weighted by Crippen LogP contribution is 2.31. The Kier molecular flexibility index (Phi) is 5.10. The molecule has 4 aromatic rings. The summed E-state index contributed by atoms with van der Waals surface area (Å²) in [5, 5.41) is 8.89. The predicted molar refractivity (Wildman–Crippen MR) is 110 cm³/mol. The van der Waals surface area contributed by atoms with Gasteiger partial charge in [-0.3, -0.25) is 8.71 Å². The fourth-order valence-electron chi connectivity index (χ4n) is 3.07. The molecule has 2 aromatic carbocycles. The number of benzene rings is 2. The molecule has 0 saturated heterocycles. The number of hydrogen-bond donors (Lipinski definition) is 0. The Morgan fingerprint density at radius 3 is 2.25 bits per heavy atom. The molecule has 0 aliphatic carbocycles. The summed E-state index contributed by atoms with van der Waals surface area (Å²) in [6.45, 7) is 0. The normalized spacial score (nSPS) is 12.0. The Morgan fingerprint density at radius 1 is 1.00 bits per heavy atom. The number of aromatic nitrogens is 3. The highest BCUT2D eigenvalue weighted by atomic mass is 32.2. The molecule has 0 amide bonds. The zero-order valence-corrected chi connectivity index (χ0v) is 17.3. The van der Waals surface area contributed by atoms with Gasteiger partial charge < -0.3 is 0 Å². The molecule has 0 fully saturated rings. The molecule has 0 saturated carbocycles. The maximum absolute atomic E-state index is 13.0. The Balaban J connectivity index is 1.73. The van der Waals surface area contributed by atoms with E-state index in [9.17, 15) is 21.6 Å². The van der Waals surface area contributed by atoms with Gasteiger partial charge in [0, 0.05) is 12.6 Å². The number of alkyl halides is 3. The van der Waals surface area contributed by atoms with Crippen LogP contribution in [0.1, 0.15) is 11.1 Å². The molecule has 32 heavy (non-hydrogen) atoms. The van der Waals surface area contributed by atoms with Crippen LogP contribution in [0.4, 0.5) is 19.0 Å². The number of hydrogen-bond acceptors (Lipinski definition) is 5. The summed E-state index contributed by atoms with van der Waals surface area (Å²) in [7, 11) is -2.64. The van der Waals surface area contributed by atoms with E-state index in [1.54, 1.807) is 4.40 Å². The van der Waals surface area contributed by atoms with Gasteiger partial charge in [0.25, 0.3) is 10.0 Å². The third kappa shape index (κ3) is 3.76. The number of fused-ring (bicyclic) bond motifs is 1. The van der Waals surface area contributed by atoms with Gasteiger partial charge in [0.2, 0.25) is 0 Å². The van der Waals surface area contributed by atoms with E-state index in [0.29, 0.717) is 22.5 Å². The largest absolute Gasteiger partial charge is 0.416 e. The first kappa shape index (κ1) is 21.3. The molecule has 0 aliphatic heterocycles. The Labute approximate surface area is 181 Å². The fraction of sp³-hybridized carbons (Fsp3) is 0.0952. The average molecular weight is 457 g/mol. The van der Waals surface area contributed by atoms with Gasteiger partial charge in [0.15, 0.2) is 11.5 Å². The summed E-state index contributed by atoms with van der Waals surface area (Å²) in [6, 6.07) is 12.0. The molecule has 7 nitrogen and oxygen atoms in total. The zero-order chi connectivity index (χ0) is 23.1. The monoisotopic (exact) mass is 457 g/mol. The van der Waals surface area contributed by atoms with Crippen molar-refractivity contribution in [3.63, 3.8) is 0 Å². The number of nitriles is 1. The van der Waals surface area contributed by atoms with Gasteiger partial charge in [-0.25, -0.2) is 18.4 Å². The molecular formula is C21H14F3N5O2S. The Hall–Kier alpha value is -3.91. The lowest BCUT2D eigenvalue weighted by molar-refractivity contribution is -0.137. The van der Waals surface area contributed by atoms with E-state index in [2.05, 4.69) is 9.97 Å². The summed E-state index contributed by atoms with van der Waals surface area (Å²) in [5.41, 5.74) is 0.894. The number of halogens is 3. The van der Waals surface area contributed by atoms with Gasteiger partial charge in [-0.05, 0) is 36.4 Å². The second kappa shape index (κ2) is 7.65. The van der Waals surface area contributed by atoms with E-state index in [-0.39, 0.29) is 10.7 Å². The fourth-order valence-corrected chi connectivity index (χ4v) is 4.20. The van der Waals surface area contributed by atoms with Crippen LogP contribution in [-0.2, 0) is 16.2 Å². The quantitative estimate of drug-likeness (QED) is 0.460. The van der Waals surface area contributed by atoms with Crippen LogP contribution in [0, 0.1) is 11.3 Å². The van der Waals surface area contributed by atoms with Crippen LogP contribution in [0.5, 0.6) is 0 Å². The van der Waals surface area contributed by atoms with Crippen molar-refractivity contribution in [2.75, 3.05) is 11.4 Å². The van der Waals surface area contributed by atoms with Crippen molar-refractivity contribution < 1.29 is 21.6 Å². The maximum Gasteiger partial charge on any atom is 0.416 e. The molecular weight excluding hydrogens is 443 g/mol. The lowest BCUT2D eigenvalue weighted by Crippen LogP contribution is -2.27. The van der Waals surface area contributed by atoms with Crippen molar-refractivity contribution in [3.05, 3.63) is 78.2 Å². The van der Waals surface area contributed by atoms with E-state index >= 15 is 0 Å². The lowest BCUT2D eigenvalue weighted by Gasteiger charge is -2.18. The molecule has 0 radical (unpaired) electrons. The summed E-state index contributed by atoms with van der Waals surface area (Å²) in [5.74, 6) is 0.0769. The zero-order valence-electron chi connectivity index (χ0n) is 16.4. The molecule has 0 aliphatic rings. The Bertz CT molecular complexity index is 1440. The minimum absolute atomic E-state index is 0.0190. The maximum atomic E-state index is 13.0. The molecule has 0 atom stereocenters. The number of anilines is 1. The second-order valence-corrected chi connectivity index (χ2v) is 8.77. The van der Waals surface area contributed by atoms with Gasteiger partial charge >= 0.3 is 6.18 Å². The van der Waals surface area contributed by atoms with Crippen molar-refractivity contribution in [1.82, 2.24) is 14.4 Å². The Morgan fingerprint density at radius 2 is 1.66 bits per heavy atom. The first-order valence-electron chi connectivity index (χ1n) is 9.11. The van der Waals surface area contributed by atoms with Gasteiger partial charge in [0.05, 0.1) is 46.4 Å². The first-order chi connectivity index (χ1) is 15.1. The third-order valence-electron chi connectivity index (χ3n) is 4.85. The average Bonchev–Trinajstić information content (AvgIpc) is 3.21. The summed E-state index contributed by atoms with van der Waals surface area (Å²) >= 11 is 0. The van der Waals surface area contributed by atoms with E-state index in [0.717, 1.165) is 16.4 Å². The minimum Gasteiger partial charge on any atom is -0.295 e. The molecule has 0 unspecified atom stereocenters. The summed E-state index contributed by atoms with van der Waals surface area (Å²) in [4.78, 5) is 8.31. The van der Waals surface area contributed by atoms with E-state index in [1.807, 2.05) is 6.07 Å². The van der Waals surface area contributed by atoms with Gasteiger partial charge in [-0.2, -0.15) is 18.4 Å². The summed E-state index contributed by atoms with van der Waals surface area (Å²) < 4.78 is 67.0. The van der Waals surface area contributed by atoms with Crippen LogP contribution in [0.25, 0.3) is 16.9 Å². The molecule has 2 heterocycles. The smallest absolute Gasteiger partial charge is 0.295 e. The van der Waals surface area contributed by atoms with Crippen LogP contribution in [0.3, 0.4) is 0 Å². The number of imidazole rings is 1. The molecule has 162 valence electrons. The van der Waals surface area contributed by atoms with Crippen LogP contribution in [0.2, 0.25) is 0 Å². The van der Waals surface area contributed by atoms with Crippen LogP contribution >= 0.6 is 0 Å². The summed E-state index contributed by atoms with van der Waals surface area (Å²) in [6.07, 6.45) is -0.166. The van der Waals surface area contributed by atoms with Crippen molar-refractivity contribution in [1.29, 1.82) is 5.26 Å². The van der Waals surface area contributed by atoms with E-state index < -0.39 is 21.8 Å². The lowest BCUT2D eigenvalue weighted by atomic mass is 10.1. The minimum atomic E-state index is -4.45. The van der Waals surface area contributed by atoms with Gasteiger partial charge in [0.1, 0.15) is 0 Å². The van der Waals surface area contributed by atoms with Crippen molar-refractivity contribution in [3.8, 4) is 17.3 Å². The molecule has 11 heteroatoms. The topological polar surface area (TPSA) is 91.4 Å². The molecule has 0 N–H and O–H groups in total. The van der Waals surface area contributed by atoms with Crippen molar-refractivity contribution >= 4 is 21.5 Å². The first-order valence-corrected chi connectivity index (χ1v) is 10.5. The molecule has 4 rings (SSSR count). The third-order valence-corrected chi connectivity index (χ3v) is 6.63. The molecule has 0 bridgehead atoms. The highest BCUT2D eigenvalue weighted by Gasteiger charge is 2.30. The number of sulfonamides is 1. The number of rotatable bonds is 4. The van der Waals surface area contributed by atoms with Crippen LogP contribution < -0.4 is 4.31 Å². The van der Waals surface area contributed by atoms with Crippen molar-refractivity contribution in [2.45, 2.75) is 11.1 Å². The highest BCUT2D eigenvalue weighted by molar-refractivity contribution is 7.92. The second-order valence-electron chi connectivity index (χ2n) is 6.80. The van der Waals surface area contributed by atoms with E-state index in [4.69, 9.17) is 5.26 Å². The molecule has 0 spiro atoms. The standard InChI is InChI=1S/C21H14F3N5O2S/c1-28(32(30,31)17-8-2-14(10-25)3-9-17)20-13-29-18(11-26-19(29)12-27-20)15-4-6-16(7-5-15)21(22,23)24/h2-9,11-13H,1H3. The van der Waals surface area contributed by atoms with Gasteiger partial charge in [-0.1, -0.05) is 12.1 Å².